The van der Waals surface area contributed by atoms with Crippen LogP contribution in [0.5, 0.6) is 0 Å². The minimum Gasteiger partial charge on any atom is -0.457 e. The molecule has 71 heavy (non-hydrogen) atoms. The van der Waals surface area contributed by atoms with E-state index in [-0.39, 0.29) is 25.6 Å². The molecule has 14 heteroatoms. The number of aliphatic hydroxyl groups excluding tert-OH is 7. The third kappa shape index (κ3) is 32.0. The minimum absolute atomic E-state index is 0.0668. The predicted molar refractivity (Wildman–Crippen MR) is 280 cm³/mol. The van der Waals surface area contributed by atoms with Gasteiger partial charge in [0.25, 0.3) is 0 Å². The van der Waals surface area contributed by atoms with Gasteiger partial charge < -0.3 is 64.2 Å². The molecule has 2 heterocycles. The molecule has 7 N–H and O–H groups in total. The van der Waals surface area contributed by atoms with E-state index in [2.05, 4.69) is 26.0 Å². The van der Waals surface area contributed by atoms with Crippen LogP contribution in [0.1, 0.15) is 245 Å². The lowest BCUT2D eigenvalue weighted by molar-refractivity contribution is -0.332. The van der Waals surface area contributed by atoms with Gasteiger partial charge in [0, 0.05) is 13.0 Å². The van der Waals surface area contributed by atoms with Gasteiger partial charge in [0.05, 0.1) is 26.4 Å². The summed E-state index contributed by atoms with van der Waals surface area (Å²) in [5, 5.41) is 72.3. The standard InChI is InChI=1S/C57H108O14/c1-3-5-7-9-11-13-15-17-19-20-21-22-23-24-25-27-29-31-33-35-37-39-41-66-43-46(69-49(59)40-38-36-34-32-30-28-26-18-16-14-12-10-8-6-4-2)44-67-56-55(65)53(63)51(61)48(71-56)45-68-57-54(64)52(62)50(60)47(42-58)70-57/h20-21,46-48,50-58,60-65H,3-19,22-45H2,1-2H3/b21-20-. The van der Waals surface area contributed by atoms with Crippen molar-refractivity contribution in [3.63, 3.8) is 0 Å². The Hall–Kier alpha value is -1.27. The zero-order valence-corrected chi connectivity index (χ0v) is 45.0. The lowest BCUT2D eigenvalue weighted by Gasteiger charge is -2.42. The molecule has 2 rings (SSSR count). The Morgan fingerprint density at radius 3 is 1.28 bits per heavy atom. The van der Waals surface area contributed by atoms with E-state index in [0.29, 0.717) is 13.0 Å². The second-order valence-electron chi connectivity index (χ2n) is 20.8. The van der Waals surface area contributed by atoms with Gasteiger partial charge in [0.2, 0.25) is 0 Å². The number of unbranched alkanes of at least 4 members (excludes halogenated alkanes) is 32. The predicted octanol–water partition coefficient (Wildman–Crippen LogP) is 10.2. The summed E-state index contributed by atoms with van der Waals surface area (Å²) in [5.74, 6) is -0.371. The maximum atomic E-state index is 13.0. The average Bonchev–Trinajstić information content (AvgIpc) is 3.37. The fourth-order valence-electron chi connectivity index (χ4n) is 9.52. The summed E-state index contributed by atoms with van der Waals surface area (Å²) in [6.45, 7) is 3.74. The van der Waals surface area contributed by atoms with Crippen molar-refractivity contribution in [1.82, 2.24) is 0 Å². The molecule has 0 aromatic rings. The third-order valence-electron chi connectivity index (χ3n) is 14.3. The Morgan fingerprint density at radius 2 is 0.831 bits per heavy atom. The quantitative estimate of drug-likeness (QED) is 0.0172. The van der Waals surface area contributed by atoms with E-state index >= 15 is 0 Å². The molecule has 2 fully saturated rings. The monoisotopic (exact) mass is 1020 g/mol. The Labute approximate surface area is 431 Å². The number of hydrogen-bond donors (Lipinski definition) is 7. The number of carbonyl (C=O) groups excluding carboxylic acids is 1. The van der Waals surface area contributed by atoms with E-state index in [1.807, 2.05) is 0 Å². The molecule has 0 amide bonds. The van der Waals surface area contributed by atoms with Crippen LogP contribution in [0, 0.1) is 0 Å². The lowest BCUT2D eigenvalue weighted by atomic mass is 9.98. The van der Waals surface area contributed by atoms with Crippen LogP contribution >= 0.6 is 0 Å². The second-order valence-corrected chi connectivity index (χ2v) is 20.8. The van der Waals surface area contributed by atoms with E-state index in [4.69, 9.17) is 28.4 Å². The van der Waals surface area contributed by atoms with Crippen LogP contribution in [0.3, 0.4) is 0 Å². The molecule has 0 saturated carbocycles. The highest BCUT2D eigenvalue weighted by molar-refractivity contribution is 5.69. The molecule has 14 nitrogen and oxygen atoms in total. The highest BCUT2D eigenvalue weighted by Gasteiger charge is 2.47. The minimum atomic E-state index is -1.70. The van der Waals surface area contributed by atoms with Crippen LogP contribution in [0.15, 0.2) is 12.2 Å². The number of carbonyl (C=O) groups is 1. The number of allylic oxidation sites excluding steroid dienone is 2. The average molecular weight is 1020 g/mol. The molecule has 2 aliphatic rings. The van der Waals surface area contributed by atoms with Crippen molar-refractivity contribution in [2.45, 2.75) is 313 Å². The van der Waals surface area contributed by atoms with Crippen molar-refractivity contribution in [2.75, 3.05) is 33.0 Å². The largest absolute Gasteiger partial charge is 0.457 e. The maximum Gasteiger partial charge on any atom is 0.306 e. The molecule has 0 spiro atoms. The SMILES string of the molecule is CCCCCCCCCC/C=C\CCCCCCCCCCCCOCC(COC1OC(COC2OC(CO)C(O)C(O)C2O)C(O)C(O)C1O)OC(=O)CCCCCCCCCCCCCCCCC. The summed E-state index contributed by atoms with van der Waals surface area (Å²) in [4.78, 5) is 13.0. The van der Waals surface area contributed by atoms with Crippen molar-refractivity contribution >= 4 is 5.97 Å². The summed E-state index contributed by atoms with van der Waals surface area (Å²) in [6.07, 6.45) is 32.7. The summed E-state index contributed by atoms with van der Waals surface area (Å²) < 4.78 is 34.4. The normalized spacial score (nSPS) is 25.3. The van der Waals surface area contributed by atoms with Gasteiger partial charge in [-0.3, -0.25) is 4.79 Å². The molecular weight excluding hydrogens is 909 g/mol. The zero-order valence-electron chi connectivity index (χ0n) is 45.0. The molecule has 0 radical (unpaired) electrons. The van der Waals surface area contributed by atoms with Gasteiger partial charge in [0.1, 0.15) is 54.9 Å². The lowest BCUT2D eigenvalue weighted by Crippen LogP contribution is -2.61. The molecule has 0 aliphatic carbocycles. The topological polar surface area (TPSA) is 214 Å². The number of hydrogen-bond acceptors (Lipinski definition) is 14. The van der Waals surface area contributed by atoms with Crippen molar-refractivity contribution < 1.29 is 69.0 Å². The molecule has 0 bridgehead atoms. The van der Waals surface area contributed by atoms with E-state index in [1.165, 1.54) is 180 Å². The van der Waals surface area contributed by atoms with Crippen molar-refractivity contribution in [1.29, 1.82) is 0 Å². The highest BCUT2D eigenvalue weighted by atomic mass is 16.7. The molecule has 0 aromatic heterocycles. The fourth-order valence-corrected chi connectivity index (χ4v) is 9.52. The first-order valence-electron chi connectivity index (χ1n) is 29.3. The van der Waals surface area contributed by atoms with Gasteiger partial charge in [-0.2, -0.15) is 0 Å². The number of aliphatic hydroxyl groups is 7. The Kier molecular flexibility index (Phi) is 41.7. The molecule has 0 aromatic carbocycles. The first kappa shape index (κ1) is 65.8. The Bertz CT molecular complexity index is 1230. The Morgan fingerprint density at radius 1 is 0.451 bits per heavy atom. The number of esters is 1. The molecule has 11 atom stereocenters. The molecule has 11 unspecified atom stereocenters. The molecule has 2 aliphatic heterocycles. The van der Waals surface area contributed by atoms with Gasteiger partial charge in [-0.15, -0.1) is 0 Å². The van der Waals surface area contributed by atoms with Crippen LogP contribution in [-0.2, 0) is 33.2 Å². The first-order chi connectivity index (χ1) is 34.6. The fraction of sp³-hybridized carbons (Fsp3) is 0.947. The van der Waals surface area contributed by atoms with Crippen molar-refractivity contribution in [2.24, 2.45) is 0 Å². The Balaban J connectivity index is 1.70. The van der Waals surface area contributed by atoms with E-state index in [0.717, 1.165) is 38.5 Å². The van der Waals surface area contributed by atoms with Gasteiger partial charge in [-0.1, -0.05) is 212 Å². The van der Waals surface area contributed by atoms with Crippen LogP contribution in [0.25, 0.3) is 0 Å². The van der Waals surface area contributed by atoms with Gasteiger partial charge in [-0.25, -0.2) is 0 Å². The van der Waals surface area contributed by atoms with Crippen LogP contribution in [0.4, 0.5) is 0 Å². The third-order valence-corrected chi connectivity index (χ3v) is 14.3. The number of rotatable bonds is 48. The molecule has 2 saturated heterocycles. The van der Waals surface area contributed by atoms with E-state index in [9.17, 15) is 40.5 Å². The zero-order chi connectivity index (χ0) is 51.6. The van der Waals surface area contributed by atoms with E-state index < -0.39 is 80.7 Å². The molecular formula is C57H108O14. The summed E-state index contributed by atoms with van der Waals surface area (Å²) in [7, 11) is 0. The van der Waals surface area contributed by atoms with Crippen LogP contribution in [0.2, 0.25) is 0 Å². The first-order valence-corrected chi connectivity index (χ1v) is 29.3. The smallest absolute Gasteiger partial charge is 0.306 e. The van der Waals surface area contributed by atoms with Crippen molar-refractivity contribution in [3.05, 3.63) is 12.2 Å². The summed E-state index contributed by atoms with van der Waals surface area (Å²) in [6, 6.07) is 0. The maximum absolute atomic E-state index is 13.0. The summed E-state index contributed by atoms with van der Waals surface area (Å²) >= 11 is 0. The van der Waals surface area contributed by atoms with Crippen LogP contribution < -0.4 is 0 Å². The molecule has 420 valence electrons. The van der Waals surface area contributed by atoms with Gasteiger partial charge >= 0.3 is 5.97 Å². The van der Waals surface area contributed by atoms with Crippen LogP contribution in [-0.4, -0.2) is 142 Å². The van der Waals surface area contributed by atoms with Gasteiger partial charge in [0.15, 0.2) is 12.6 Å². The van der Waals surface area contributed by atoms with Crippen molar-refractivity contribution in [3.8, 4) is 0 Å². The highest BCUT2D eigenvalue weighted by Crippen LogP contribution is 2.27. The second kappa shape index (κ2) is 45.0. The van der Waals surface area contributed by atoms with E-state index in [1.54, 1.807) is 0 Å². The number of ether oxygens (including phenoxy) is 6. The van der Waals surface area contributed by atoms with Gasteiger partial charge in [-0.05, 0) is 38.5 Å². The summed E-state index contributed by atoms with van der Waals surface area (Å²) in [5.41, 5.74) is 0.